The molecule has 4 aliphatic heterocycles. The Balaban J connectivity index is 1.17. The topological polar surface area (TPSA) is 73.0 Å². The normalized spacial score (nSPS) is 33.5. The van der Waals surface area contributed by atoms with E-state index in [4.69, 9.17) is 0 Å². The molecule has 0 aromatic heterocycles. The first-order valence-corrected chi connectivity index (χ1v) is 11.2. The number of hydrogen-bond donors (Lipinski definition) is 1. The van der Waals surface area contributed by atoms with Crippen molar-refractivity contribution in [2.45, 2.75) is 63.5 Å². The summed E-state index contributed by atoms with van der Waals surface area (Å²) in [6, 6.07) is 0.891. The Morgan fingerprint density at radius 1 is 0.929 bits per heavy atom. The number of nitrogens with one attached hydrogen (secondary N) is 1. The Morgan fingerprint density at radius 3 is 2.46 bits per heavy atom. The zero-order chi connectivity index (χ0) is 19.3. The lowest BCUT2D eigenvalue weighted by molar-refractivity contribution is -0.144. The Kier molecular flexibility index (Phi) is 4.71. The third-order valence-electron chi connectivity index (χ3n) is 7.51. The van der Waals surface area contributed by atoms with Gasteiger partial charge < -0.3 is 20.0 Å². The summed E-state index contributed by atoms with van der Waals surface area (Å²) in [5.74, 6) is 1.42. The van der Waals surface area contributed by atoms with Crippen LogP contribution in [0.3, 0.4) is 0 Å². The predicted octanol–water partition coefficient (Wildman–Crippen LogP) is 1.43. The smallest absolute Gasteiger partial charge is 0.320 e. The predicted molar refractivity (Wildman–Crippen MR) is 103 cm³/mol. The lowest BCUT2D eigenvalue weighted by Crippen LogP contribution is -2.62. The molecule has 7 heteroatoms. The largest absolute Gasteiger partial charge is 0.353 e. The maximum absolute atomic E-state index is 13.1. The highest BCUT2D eigenvalue weighted by Gasteiger charge is 2.45. The number of amides is 4. The van der Waals surface area contributed by atoms with Gasteiger partial charge in [0.25, 0.3) is 0 Å². The molecular weight excluding hydrogens is 356 g/mol. The highest BCUT2D eigenvalue weighted by Crippen LogP contribution is 2.38. The van der Waals surface area contributed by atoms with Gasteiger partial charge in [-0.15, -0.1) is 0 Å². The quantitative estimate of drug-likeness (QED) is 0.778. The Morgan fingerprint density at radius 2 is 1.71 bits per heavy atom. The number of nitrogens with zero attached hydrogens (tertiary/aromatic N) is 3. The van der Waals surface area contributed by atoms with Gasteiger partial charge >= 0.3 is 6.03 Å². The van der Waals surface area contributed by atoms with E-state index >= 15 is 0 Å². The van der Waals surface area contributed by atoms with Crippen LogP contribution in [0.2, 0.25) is 0 Å². The summed E-state index contributed by atoms with van der Waals surface area (Å²) in [6.45, 7) is 3.75. The van der Waals surface area contributed by atoms with Crippen molar-refractivity contribution in [3.63, 3.8) is 0 Å². The Hall–Kier alpha value is -1.79. The average Bonchev–Trinajstić information content (AvgIpc) is 3.52. The number of likely N-dealkylation sites (tertiary alicyclic amines) is 2. The van der Waals surface area contributed by atoms with Crippen LogP contribution >= 0.6 is 0 Å². The lowest BCUT2D eigenvalue weighted by atomic mass is 9.76. The Labute approximate surface area is 166 Å². The van der Waals surface area contributed by atoms with E-state index in [-0.39, 0.29) is 17.9 Å². The maximum atomic E-state index is 13.1. The fourth-order valence-corrected chi connectivity index (χ4v) is 5.85. The van der Waals surface area contributed by atoms with E-state index in [0.29, 0.717) is 49.3 Å². The fourth-order valence-electron chi connectivity index (χ4n) is 5.85. The van der Waals surface area contributed by atoms with E-state index in [1.54, 1.807) is 0 Å². The monoisotopic (exact) mass is 388 g/mol. The number of carbonyl (C=O) groups is 3. The highest BCUT2D eigenvalue weighted by atomic mass is 16.2. The molecule has 1 aliphatic carbocycles. The summed E-state index contributed by atoms with van der Waals surface area (Å²) < 4.78 is 0. The summed E-state index contributed by atoms with van der Waals surface area (Å²) >= 11 is 0. The van der Waals surface area contributed by atoms with Crippen LogP contribution < -0.4 is 5.32 Å². The molecule has 1 N–H and O–H groups in total. The van der Waals surface area contributed by atoms with Crippen LogP contribution in [0.4, 0.5) is 4.79 Å². The number of hydrogen-bond acceptors (Lipinski definition) is 3. The molecule has 3 atom stereocenters. The third-order valence-corrected chi connectivity index (χ3v) is 7.51. The molecule has 0 aromatic rings. The zero-order valence-corrected chi connectivity index (χ0v) is 16.6. The summed E-state index contributed by atoms with van der Waals surface area (Å²) in [5.41, 5.74) is 0. The molecule has 154 valence electrons. The molecule has 0 aromatic carbocycles. The van der Waals surface area contributed by atoms with E-state index in [0.717, 1.165) is 64.6 Å². The minimum Gasteiger partial charge on any atom is -0.353 e. The molecule has 4 heterocycles. The molecule has 28 heavy (non-hydrogen) atoms. The number of urea groups is 1. The first-order valence-electron chi connectivity index (χ1n) is 11.2. The van der Waals surface area contributed by atoms with Crippen molar-refractivity contribution in [2.24, 2.45) is 17.8 Å². The van der Waals surface area contributed by atoms with Gasteiger partial charge in [-0.05, 0) is 56.8 Å². The van der Waals surface area contributed by atoms with Gasteiger partial charge in [0.05, 0.1) is 0 Å². The SMILES string of the molecule is O=C(NC1CC1)C1CCN(C(=O)N2CC3CC(C2)[C@H]2CCCC(=O)N2C3)CC1. The number of piperidine rings is 4. The molecule has 0 spiro atoms. The molecule has 7 nitrogen and oxygen atoms in total. The molecule has 0 radical (unpaired) electrons. The van der Waals surface area contributed by atoms with Gasteiger partial charge in [-0.3, -0.25) is 9.59 Å². The van der Waals surface area contributed by atoms with Crippen LogP contribution in [0.5, 0.6) is 0 Å². The van der Waals surface area contributed by atoms with E-state index in [1.807, 2.05) is 9.80 Å². The molecule has 5 rings (SSSR count). The van der Waals surface area contributed by atoms with E-state index in [9.17, 15) is 14.4 Å². The highest BCUT2D eigenvalue weighted by molar-refractivity contribution is 5.80. The first kappa shape index (κ1) is 18.3. The van der Waals surface area contributed by atoms with Gasteiger partial charge in [0.1, 0.15) is 0 Å². The molecule has 5 aliphatic rings. The van der Waals surface area contributed by atoms with E-state index in [2.05, 4.69) is 10.2 Å². The fraction of sp³-hybridized carbons (Fsp3) is 0.857. The van der Waals surface area contributed by atoms with Crippen molar-refractivity contribution >= 4 is 17.8 Å². The zero-order valence-electron chi connectivity index (χ0n) is 16.6. The van der Waals surface area contributed by atoms with Crippen LogP contribution in [0.15, 0.2) is 0 Å². The van der Waals surface area contributed by atoms with Gasteiger partial charge in [-0.1, -0.05) is 0 Å². The average molecular weight is 389 g/mol. The van der Waals surface area contributed by atoms with Crippen LogP contribution in [-0.4, -0.2) is 77.4 Å². The van der Waals surface area contributed by atoms with Crippen LogP contribution in [0.1, 0.15) is 51.4 Å². The van der Waals surface area contributed by atoms with Crippen molar-refractivity contribution in [1.82, 2.24) is 20.0 Å². The molecule has 2 bridgehead atoms. The summed E-state index contributed by atoms with van der Waals surface area (Å²) in [4.78, 5) is 43.8. The second-order valence-electron chi connectivity index (χ2n) is 9.60. The second-order valence-corrected chi connectivity index (χ2v) is 9.60. The maximum Gasteiger partial charge on any atom is 0.320 e. The minimum atomic E-state index is 0.0622. The van der Waals surface area contributed by atoms with Gasteiger partial charge in [-0.2, -0.15) is 0 Å². The molecular formula is C21H32N4O3. The van der Waals surface area contributed by atoms with Crippen LogP contribution in [-0.2, 0) is 9.59 Å². The minimum absolute atomic E-state index is 0.0622. The summed E-state index contributed by atoms with van der Waals surface area (Å²) in [5, 5.41) is 3.10. The third kappa shape index (κ3) is 3.48. The first-order chi connectivity index (χ1) is 13.6. The molecule has 1 saturated carbocycles. The number of fused-ring (bicyclic) bond motifs is 4. The van der Waals surface area contributed by atoms with E-state index < -0.39 is 0 Å². The standard InChI is InChI=1S/C21H32N4O3/c26-19-3-1-2-18-16-10-14(12-25(18)19)11-24(13-16)21(28)23-8-6-15(7-9-23)20(27)22-17-4-5-17/h14-18H,1-13H2,(H,22,27)/t14?,16?,18-/m1/s1. The van der Waals surface area contributed by atoms with Gasteiger partial charge in [-0.25, -0.2) is 4.79 Å². The molecule has 4 saturated heterocycles. The number of carbonyl (C=O) groups excluding carboxylic acids is 3. The van der Waals surface area contributed by atoms with Gasteiger partial charge in [0.15, 0.2) is 0 Å². The van der Waals surface area contributed by atoms with Crippen molar-refractivity contribution in [3.05, 3.63) is 0 Å². The molecule has 4 amide bonds. The van der Waals surface area contributed by atoms with Crippen LogP contribution in [0, 0.1) is 17.8 Å². The van der Waals surface area contributed by atoms with Crippen molar-refractivity contribution in [2.75, 3.05) is 32.7 Å². The molecule has 5 fully saturated rings. The summed E-state index contributed by atoms with van der Waals surface area (Å²) in [7, 11) is 0. The Bertz CT molecular complexity index is 656. The van der Waals surface area contributed by atoms with Crippen molar-refractivity contribution in [3.8, 4) is 0 Å². The molecule has 2 unspecified atom stereocenters. The lowest BCUT2D eigenvalue weighted by Gasteiger charge is -2.53. The van der Waals surface area contributed by atoms with Crippen molar-refractivity contribution in [1.29, 1.82) is 0 Å². The van der Waals surface area contributed by atoms with Crippen molar-refractivity contribution < 1.29 is 14.4 Å². The van der Waals surface area contributed by atoms with E-state index in [1.165, 1.54) is 0 Å². The van der Waals surface area contributed by atoms with Gasteiger partial charge in [0, 0.05) is 57.1 Å². The van der Waals surface area contributed by atoms with Crippen LogP contribution in [0.25, 0.3) is 0 Å². The second kappa shape index (κ2) is 7.23. The summed E-state index contributed by atoms with van der Waals surface area (Å²) in [6.07, 6.45) is 7.71. The number of rotatable bonds is 2. The van der Waals surface area contributed by atoms with Gasteiger partial charge in [0.2, 0.25) is 11.8 Å².